The Bertz CT molecular complexity index is 580. The van der Waals surface area contributed by atoms with Crippen LogP contribution >= 0.6 is 39.9 Å². The van der Waals surface area contributed by atoms with E-state index in [0.29, 0.717) is 12.6 Å². The number of nitrogens with zero attached hydrogens (tertiary/aromatic N) is 2. The molecule has 1 aliphatic heterocycles. The van der Waals surface area contributed by atoms with Crippen molar-refractivity contribution in [2.24, 2.45) is 4.99 Å². The highest BCUT2D eigenvalue weighted by molar-refractivity contribution is 14.0. The molecule has 7 heteroatoms. The zero-order chi connectivity index (χ0) is 16.2. The molecule has 0 amide bonds. The minimum atomic E-state index is 0. The van der Waals surface area contributed by atoms with Crippen molar-refractivity contribution >= 4 is 45.9 Å². The Morgan fingerprint density at radius 1 is 1.38 bits per heavy atom. The molecule has 5 nitrogen and oxygen atoms in total. The number of aliphatic imine (C=N–C) groups is 1. The molecule has 1 unspecified atom stereocenters. The van der Waals surface area contributed by atoms with Crippen LogP contribution in [0.25, 0.3) is 0 Å². The first kappa shape index (κ1) is 19.8. The molecule has 3 rings (SSSR count). The Kier molecular flexibility index (Phi) is 7.61. The van der Waals surface area contributed by atoms with Gasteiger partial charge in [-0.1, -0.05) is 15.9 Å². The average molecular weight is 509 g/mol. The molecule has 1 aromatic rings. The van der Waals surface area contributed by atoms with E-state index in [-0.39, 0.29) is 24.0 Å². The molecule has 1 atom stereocenters. The van der Waals surface area contributed by atoms with Crippen molar-refractivity contribution in [2.45, 2.75) is 37.9 Å². The van der Waals surface area contributed by atoms with Crippen LogP contribution < -0.4 is 15.4 Å². The Morgan fingerprint density at radius 3 is 2.83 bits per heavy atom. The van der Waals surface area contributed by atoms with Gasteiger partial charge >= 0.3 is 0 Å². The summed E-state index contributed by atoms with van der Waals surface area (Å²) in [5.41, 5.74) is 1.11. The molecule has 134 valence electrons. The van der Waals surface area contributed by atoms with E-state index in [9.17, 15) is 0 Å². The average Bonchev–Trinajstić information content (AvgIpc) is 3.31. The summed E-state index contributed by atoms with van der Waals surface area (Å²) in [6.45, 7) is 3.02. The molecule has 1 aliphatic carbocycles. The fourth-order valence-corrected chi connectivity index (χ4v) is 3.54. The lowest BCUT2D eigenvalue weighted by molar-refractivity contribution is 0.321. The summed E-state index contributed by atoms with van der Waals surface area (Å²) in [6, 6.07) is 7.37. The number of hydrogen-bond acceptors (Lipinski definition) is 3. The van der Waals surface area contributed by atoms with Crippen molar-refractivity contribution in [3.8, 4) is 5.75 Å². The maximum atomic E-state index is 5.42. The van der Waals surface area contributed by atoms with Gasteiger partial charge in [0.05, 0.1) is 7.11 Å². The Hall–Kier alpha value is -0.540. The van der Waals surface area contributed by atoms with E-state index in [2.05, 4.69) is 42.5 Å². The van der Waals surface area contributed by atoms with Crippen molar-refractivity contribution in [1.29, 1.82) is 0 Å². The van der Waals surface area contributed by atoms with Gasteiger partial charge < -0.3 is 15.4 Å². The van der Waals surface area contributed by atoms with E-state index in [1.165, 1.54) is 25.8 Å². The van der Waals surface area contributed by atoms with E-state index >= 15 is 0 Å². The molecule has 2 aliphatic rings. The van der Waals surface area contributed by atoms with Gasteiger partial charge in [0.2, 0.25) is 0 Å². The lowest BCUT2D eigenvalue weighted by Gasteiger charge is -2.19. The van der Waals surface area contributed by atoms with Gasteiger partial charge in [0, 0.05) is 48.8 Å². The van der Waals surface area contributed by atoms with Crippen LogP contribution in [-0.2, 0) is 6.54 Å². The zero-order valence-corrected chi connectivity index (χ0v) is 18.1. The summed E-state index contributed by atoms with van der Waals surface area (Å²) in [6.07, 6.45) is 3.95. The number of ether oxygens (including phenoxy) is 1. The number of hydrogen-bond donors (Lipinski definition) is 2. The van der Waals surface area contributed by atoms with Gasteiger partial charge in [-0.25, -0.2) is 0 Å². The third-order valence-corrected chi connectivity index (χ3v) is 5.03. The molecule has 0 bridgehead atoms. The summed E-state index contributed by atoms with van der Waals surface area (Å²) in [4.78, 5) is 6.95. The number of nitrogens with one attached hydrogen (secondary N) is 2. The van der Waals surface area contributed by atoms with Gasteiger partial charge in [-0.2, -0.15) is 0 Å². The predicted molar refractivity (Wildman–Crippen MR) is 112 cm³/mol. The lowest BCUT2D eigenvalue weighted by Crippen LogP contribution is -2.44. The number of halogens is 2. The van der Waals surface area contributed by atoms with E-state index in [1.807, 2.05) is 19.2 Å². The molecule has 0 spiro atoms. The summed E-state index contributed by atoms with van der Waals surface area (Å²) in [5, 5.41) is 6.94. The van der Waals surface area contributed by atoms with Crippen LogP contribution in [0, 0.1) is 0 Å². The minimum Gasteiger partial charge on any atom is -0.496 e. The smallest absolute Gasteiger partial charge is 0.191 e. The largest absolute Gasteiger partial charge is 0.496 e. The molecule has 1 saturated carbocycles. The lowest BCUT2D eigenvalue weighted by atomic mass is 10.2. The number of rotatable bonds is 5. The van der Waals surface area contributed by atoms with Crippen LogP contribution in [0.5, 0.6) is 5.75 Å². The number of methoxy groups -OCH3 is 1. The van der Waals surface area contributed by atoms with Crippen LogP contribution in [0.1, 0.15) is 24.8 Å². The quantitative estimate of drug-likeness (QED) is 0.364. The SMILES string of the molecule is CN=C(NCc1cc(Br)ccc1OC)NC1CCN(C2CC2)C1.I. The molecule has 0 radical (unpaired) electrons. The van der Waals surface area contributed by atoms with Gasteiger partial charge in [-0.15, -0.1) is 24.0 Å². The number of likely N-dealkylation sites (tertiary alicyclic amines) is 1. The Morgan fingerprint density at radius 2 is 2.17 bits per heavy atom. The first-order valence-electron chi connectivity index (χ1n) is 8.23. The van der Waals surface area contributed by atoms with Gasteiger partial charge in [0.1, 0.15) is 5.75 Å². The van der Waals surface area contributed by atoms with E-state index in [1.54, 1.807) is 7.11 Å². The summed E-state index contributed by atoms with van der Waals surface area (Å²) in [7, 11) is 3.52. The number of benzene rings is 1. The van der Waals surface area contributed by atoms with Crippen LogP contribution in [0.4, 0.5) is 0 Å². The monoisotopic (exact) mass is 508 g/mol. The maximum Gasteiger partial charge on any atom is 0.191 e. The van der Waals surface area contributed by atoms with E-state index in [0.717, 1.165) is 34.3 Å². The van der Waals surface area contributed by atoms with Crippen molar-refractivity contribution in [3.05, 3.63) is 28.2 Å². The second kappa shape index (κ2) is 9.24. The highest BCUT2D eigenvalue weighted by atomic mass is 127. The molecule has 24 heavy (non-hydrogen) atoms. The fraction of sp³-hybridized carbons (Fsp3) is 0.588. The minimum absolute atomic E-state index is 0. The summed E-state index contributed by atoms with van der Waals surface area (Å²) in [5.74, 6) is 1.74. The second-order valence-corrected chi connectivity index (χ2v) is 7.15. The number of guanidine groups is 1. The van der Waals surface area contributed by atoms with E-state index < -0.39 is 0 Å². The highest BCUT2D eigenvalue weighted by Crippen LogP contribution is 2.29. The van der Waals surface area contributed by atoms with Crippen molar-refractivity contribution in [2.75, 3.05) is 27.2 Å². The first-order valence-corrected chi connectivity index (χ1v) is 9.02. The van der Waals surface area contributed by atoms with Crippen molar-refractivity contribution in [3.63, 3.8) is 0 Å². The standard InChI is InChI=1S/C17H25BrN4O.HI/c1-19-17(21-14-7-8-22(11-14)15-4-5-15)20-10-12-9-13(18)3-6-16(12)23-2;/h3,6,9,14-15H,4-5,7-8,10-11H2,1-2H3,(H2,19,20,21);1H. The van der Waals surface area contributed by atoms with Crippen LogP contribution in [0.2, 0.25) is 0 Å². The molecule has 2 N–H and O–H groups in total. The van der Waals surface area contributed by atoms with Crippen molar-refractivity contribution in [1.82, 2.24) is 15.5 Å². The van der Waals surface area contributed by atoms with Crippen LogP contribution in [0.3, 0.4) is 0 Å². The fourth-order valence-electron chi connectivity index (χ4n) is 3.13. The first-order chi connectivity index (χ1) is 11.2. The second-order valence-electron chi connectivity index (χ2n) is 6.24. The van der Waals surface area contributed by atoms with E-state index in [4.69, 9.17) is 4.74 Å². The van der Waals surface area contributed by atoms with Gasteiger partial charge in [0.15, 0.2) is 5.96 Å². The molecule has 2 fully saturated rings. The topological polar surface area (TPSA) is 48.9 Å². The molecular formula is C17H26BrIN4O. The maximum absolute atomic E-state index is 5.42. The van der Waals surface area contributed by atoms with Gasteiger partial charge in [-0.05, 0) is 37.5 Å². The van der Waals surface area contributed by atoms with Gasteiger partial charge in [-0.3, -0.25) is 9.89 Å². The van der Waals surface area contributed by atoms with Crippen LogP contribution in [-0.4, -0.2) is 50.2 Å². The molecule has 0 aromatic heterocycles. The zero-order valence-electron chi connectivity index (χ0n) is 14.2. The van der Waals surface area contributed by atoms with Crippen LogP contribution in [0.15, 0.2) is 27.7 Å². The van der Waals surface area contributed by atoms with Gasteiger partial charge in [0.25, 0.3) is 0 Å². The Labute approximate surface area is 169 Å². The molecular weight excluding hydrogens is 483 g/mol. The third-order valence-electron chi connectivity index (χ3n) is 4.54. The Balaban J connectivity index is 0.00000208. The predicted octanol–water partition coefficient (Wildman–Crippen LogP) is 2.98. The summed E-state index contributed by atoms with van der Waals surface area (Å²) >= 11 is 3.51. The highest BCUT2D eigenvalue weighted by Gasteiger charge is 2.34. The normalized spacial score (nSPS) is 21.3. The molecule has 1 heterocycles. The molecule has 1 aromatic carbocycles. The van der Waals surface area contributed by atoms with Crippen molar-refractivity contribution < 1.29 is 4.74 Å². The summed E-state index contributed by atoms with van der Waals surface area (Å²) < 4.78 is 6.47. The third kappa shape index (κ3) is 5.23. The molecule has 1 saturated heterocycles.